The summed E-state index contributed by atoms with van der Waals surface area (Å²) in [6.07, 6.45) is 14.8. The van der Waals surface area contributed by atoms with Crippen LogP contribution < -0.4 is 0 Å². The SMILES string of the molecule is CC[C@H]1/C=C/CCC[C@@H](O[C@H]2CC[C@H](N(C)C)[C@@H](C)O2)[C@@H](C)C(=O)C2=C[C@@H]3[C@@H](C=C[C@@H]4C[C@@H](O[C@@H]5O[C@@H](C)[C@H](OC)[C@@H](OC)[C@H]5OC)C[C@@H]34)[C@@H]2CC(=O)O1. The van der Waals surface area contributed by atoms with Crippen molar-refractivity contribution >= 4 is 11.8 Å². The molecule has 11 nitrogen and oxygen atoms in total. The number of nitrogens with zero attached hydrogens (tertiary/aromatic N) is 1. The lowest BCUT2D eigenvalue weighted by Crippen LogP contribution is -2.59. The molecule has 0 amide bonds. The minimum absolute atomic E-state index is 0.0232. The van der Waals surface area contributed by atoms with Crippen molar-refractivity contribution < 1.29 is 47.5 Å². The first-order chi connectivity index (χ1) is 26.0. The number of ketones is 1. The zero-order chi connectivity index (χ0) is 38.7. The van der Waals surface area contributed by atoms with Crippen molar-refractivity contribution in [3.63, 3.8) is 0 Å². The Labute approximate surface area is 323 Å². The number of likely N-dealkylation sites (N-methyl/N-ethyl adjacent to an activating group) is 1. The van der Waals surface area contributed by atoms with Crippen LogP contribution in [0.2, 0.25) is 0 Å². The molecule has 3 heterocycles. The smallest absolute Gasteiger partial charge is 0.307 e. The molecule has 0 spiro atoms. The number of methoxy groups -OCH3 is 3. The molecule has 3 aliphatic carbocycles. The Bertz CT molecular complexity index is 1370. The number of ether oxygens (including phenoxy) is 8. The zero-order valence-corrected chi connectivity index (χ0v) is 34.1. The summed E-state index contributed by atoms with van der Waals surface area (Å²) < 4.78 is 49.6. The minimum atomic E-state index is -0.601. The Kier molecular flexibility index (Phi) is 14.3. The second kappa shape index (κ2) is 18.5. The summed E-state index contributed by atoms with van der Waals surface area (Å²) >= 11 is 0. The number of carbonyl (C=O) groups excluding carboxylic acids is 2. The van der Waals surface area contributed by atoms with Gasteiger partial charge in [0.1, 0.15) is 24.4 Å². The van der Waals surface area contributed by atoms with E-state index in [0.29, 0.717) is 12.5 Å². The Morgan fingerprint density at radius 3 is 2.28 bits per heavy atom. The van der Waals surface area contributed by atoms with Crippen molar-refractivity contribution in [2.24, 2.45) is 35.5 Å². The summed E-state index contributed by atoms with van der Waals surface area (Å²) in [6.45, 7) is 8.12. The van der Waals surface area contributed by atoms with Crippen molar-refractivity contribution in [1.82, 2.24) is 4.90 Å². The average Bonchev–Trinajstić information content (AvgIpc) is 3.73. The predicted octanol–water partition coefficient (Wildman–Crippen LogP) is 6.04. The highest BCUT2D eigenvalue weighted by molar-refractivity contribution is 5.99. The number of cyclic esters (lactones) is 1. The van der Waals surface area contributed by atoms with Crippen LogP contribution in [-0.4, -0.2) is 120 Å². The maximum Gasteiger partial charge on any atom is 0.307 e. The fourth-order valence-corrected chi connectivity index (χ4v) is 10.4. The molecule has 0 unspecified atom stereocenters. The third-order valence-corrected chi connectivity index (χ3v) is 13.4. The lowest BCUT2D eigenvalue weighted by atomic mass is 9.70. The number of hydrogen-bond acceptors (Lipinski definition) is 11. The average molecular weight is 758 g/mol. The van der Waals surface area contributed by atoms with E-state index in [1.54, 1.807) is 21.3 Å². The molecule has 3 aliphatic heterocycles. The van der Waals surface area contributed by atoms with Gasteiger partial charge in [-0.2, -0.15) is 0 Å². The predicted molar refractivity (Wildman–Crippen MR) is 203 cm³/mol. The summed E-state index contributed by atoms with van der Waals surface area (Å²) in [5.41, 5.74) is 0.751. The molecule has 0 aromatic heterocycles. The van der Waals surface area contributed by atoms with Crippen LogP contribution in [0.25, 0.3) is 0 Å². The summed E-state index contributed by atoms with van der Waals surface area (Å²) in [7, 11) is 9.15. The van der Waals surface area contributed by atoms with E-state index in [0.717, 1.165) is 50.5 Å². The van der Waals surface area contributed by atoms with E-state index in [2.05, 4.69) is 50.2 Å². The molecular formula is C43H67NO10. The van der Waals surface area contributed by atoms with Gasteiger partial charge in [0.15, 0.2) is 18.4 Å². The van der Waals surface area contributed by atoms with Crippen molar-refractivity contribution in [3.8, 4) is 0 Å². The second-order valence-electron chi connectivity index (χ2n) is 16.8. The molecular weight excluding hydrogens is 690 g/mol. The molecule has 54 heavy (non-hydrogen) atoms. The minimum Gasteiger partial charge on any atom is -0.458 e. The molecule has 11 heteroatoms. The molecule has 0 N–H and O–H groups in total. The first kappa shape index (κ1) is 41.7. The highest BCUT2D eigenvalue weighted by atomic mass is 16.7. The van der Waals surface area contributed by atoms with Gasteiger partial charge in [0.2, 0.25) is 0 Å². The monoisotopic (exact) mass is 757 g/mol. The van der Waals surface area contributed by atoms with E-state index in [4.69, 9.17) is 37.9 Å². The lowest BCUT2D eigenvalue weighted by Gasteiger charge is -2.44. The quantitative estimate of drug-likeness (QED) is 0.203. The molecule has 0 radical (unpaired) electrons. The van der Waals surface area contributed by atoms with Gasteiger partial charge in [0.05, 0.1) is 30.8 Å². The Balaban J connectivity index is 1.22. The van der Waals surface area contributed by atoms with Crippen molar-refractivity contribution in [2.75, 3.05) is 35.4 Å². The molecule has 6 aliphatic rings. The largest absolute Gasteiger partial charge is 0.458 e. The lowest BCUT2D eigenvalue weighted by molar-refractivity contribution is -0.314. The summed E-state index contributed by atoms with van der Waals surface area (Å²) in [4.78, 5) is 30.6. The molecule has 17 atom stereocenters. The standard InChI is InChI=1S/C43H67NO10/c1-10-28-14-12-11-13-15-36(54-38-19-18-35(44(5)6)25(3)50-38)24(2)39(46)34-22-32-30(33(34)23-37(45)52-28)17-16-27-20-29(21-31(27)32)53-43-42(49-9)41(48-8)40(47-7)26(4)51-43/h12,14,16-17,22,24-33,35-36,38,40-43H,10-11,13,15,18-21,23H2,1-9H3/b14-12+/t24-,25-,26+,27-,28+,29-,30-,31-,32-,33+,35+,36-,38+,40+,41-,42-,43+/m1/s1. The third-order valence-electron chi connectivity index (χ3n) is 13.4. The second-order valence-corrected chi connectivity index (χ2v) is 16.8. The van der Waals surface area contributed by atoms with E-state index in [1.807, 2.05) is 26.8 Å². The van der Waals surface area contributed by atoms with Crippen LogP contribution in [0, 0.1) is 35.5 Å². The van der Waals surface area contributed by atoms with Crippen molar-refractivity contribution in [2.45, 2.75) is 153 Å². The molecule has 0 aromatic carbocycles. The fourth-order valence-electron chi connectivity index (χ4n) is 10.4. The van der Waals surface area contributed by atoms with E-state index in [1.165, 1.54) is 0 Å². The molecule has 2 saturated heterocycles. The Morgan fingerprint density at radius 2 is 1.59 bits per heavy atom. The fraction of sp³-hybridized carbons (Fsp3) is 0.814. The number of carbonyl (C=O) groups is 2. The number of rotatable bonds is 9. The summed E-state index contributed by atoms with van der Waals surface area (Å²) in [5.74, 6) is -0.162. The number of esters is 1. The van der Waals surface area contributed by atoms with Crippen LogP contribution in [0.4, 0.5) is 0 Å². The van der Waals surface area contributed by atoms with Gasteiger partial charge in [-0.25, -0.2) is 0 Å². The van der Waals surface area contributed by atoms with Crippen LogP contribution in [0.5, 0.6) is 0 Å². The van der Waals surface area contributed by atoms with Gasteiger partial charge in [0.25, 0.3) is 0 Å². The Hall–Kier alpha value is -1.96. The first-order valence-electron chi connectivity index (χ1n) is 20.6. The molecule has 304 valence electrons. The molecule has 1 saturated carbocycles. The van der Waals surface area contributed by atoms with E-state index >= 15 is 0 Å². The molecule has 0 bridgehead atoms. The molecule has 0 aromatic rings. The van der Waals surface area contributed by atoms with Gasteiger partial charge in [-0.05, 0) is 115 Å². The number of allylic oxidation sites excluding steroid dienone is 5. The Morgan fingerprint density at radius 1 is 0.833 bits per heavy atom. The number of Topliss-reactive ketones (excluding diaryl/α,β-unsaturated/α-hetero) is 1. The summed E-state index contributed by atoms with van der Waals surface area (Å²) in [5, 5.41) is 0. The zero-order valence-electron chi connectivity index (χ0n) is 34.1. The van der Waals surface area contributed by atoms with Gasteiger partial charge in [0, 0.05) is 39.2 Å². The van der Waals surface area contributed by atoms with Crippen molar-refractivity contribution in [1.29, 1.82) is 0 Å². The normalized spacial score (nSPS) is 45.2. The highest BCUT2D eigenvalue weighted by Crippen LogP contribution is 2.54. The highest BCUT2D eigenvalue weighted by Gasteiger charge is 2.52. The van der Waals surface area contributed by atoms with E-state index in [-0.39, 0.29) is 96.8 Å². The van der Waals surface area contributed by atoms with Crippen LogP contribution in [-0.2, 0) is 47.5 Å². The van der Waals surface area contributed by atoms with Crippen LogP contribution in [0.3, 0.4) is 0 Å². The summed E-state index contributed by atoms with van der Waals surface area (Å²) in [6, 6.07) is 0.333. The number of hydrogen-bond donors (Lipinski definition) is 0. The number of fused-ring (bicyclic) bond motifs is 5. The van der Waals surface area contributed by atoms with Crippen LogP contribution in [0.15, 0.2) is 36.0 Å². The van der Waals surface area contributed by atoms with Gasteiger partial charge in [-0.15, -0.1) is 0 Å². The van der Waals surface area contributed by atoms with Gasteiger partial charge in [-0.3, -0.25) is 9.59 Å². The van der Waals surface area contributed by atoms with E-state index in [9.17, 15) is 9.59 Å². The van der Waals surface area contributed by atoms with Gasteiger partial charge < -0.3 is 42.8 Å². The molecule has 6 rings (SSSR count). The van der Waals surface area contributed by atoms with Gasteiger partial charge in [-0.1, -0.05) is 38.2 Å². The maximum absolute atomic E-state index is 14.8. The third kappa shape index (κ3) is 8.94. The molecule has 3 fully saturated rings. The van der Waals surface area contributed by atoms with Gasteiger partial charge >= 0.3 is 5.97 Å². The first-order valence-corrected chi connectivity index (χ1v) is 20.6. The van der Waals surface area contributed by atoms with Crippen LogP contribution in [0.1, 0.15) is 85.5 Å². The topological polar surface area (TPSA) is 111 Å². The van der Waals surface area contributed by atoms with E-state index < -0.39 is 18.3 Å². The van der Waals surface area contributed by atoms with Crippen LogP contribution >= 0.6 is 0 Å². The van der Waals surface area contributed by atoms with Crippen molar-refractivity contribution in [3.05, 3.63) is 36.0 Å². The maximum atomic E-state index is 14.8.